The number of carboxylic acids is 1. The van der Waals surface area contributed by atoms with Gasteiger partial charge < -0.3 is 5.11 Å². The number of hydrogen-bond acceptors (Lipinski definition) is 5. The van der Waals surface area contributed by atoms with Crippen molar-refractivity contribution in [2.45, 2.75) is 39.7 Å². The largest absolute Gasteiger partial charge is 0.481 e. The van der Waals surface area contributed by atoms with Crippen LogP contribution in [-0.4, -0.2) is 35.8 Å². The van der Waals surface area contributed by atoms with Crippen molar-refractivity contribution in [3.63, 3.8) is 0 Å². The molecule has 0 radical (unpaired) electrons. The van der Waals surface area contributed by atoms with Gasteiger partial charge in [0.05, 0.1) is 6.42 Å². The quantitative estimate of drug-likeness (QED) is 0.788. The van der Waals surface area contributed by atoms with E-state index in [0.717, 1.165) is 5.82 Å². The Bertz CT molecular complexity index is 691. The summed E-state index contributed by atoms with van der Waals surface area (Å²) in [7, 11) is 0. The molecule has 2 aromatic heterocycles. The van der Waals surface area contributed by atoms with Crippen molar-refractivity contribution in [1.29, 1.82) is 0 Å². The fraction of sp³-hybridized carbons (Fsp3) is 0.462. The number of carbonyl (C=O) groups is 1. The van der Waals surface area contributed by atoms with E-state index in [4.69, 9.17) is 5.11 Å². The molecule has 0 aliphatic carbocycles. The molecular formula is C13H17N5O3. The zero-order chi connectivity index (χ0) is 15.4. The smallest absolute Gasteiger partial charge is 0.347 e. The van der Waals surface area contributed by atoms with E-state index in [1.165, 1.54) is 10.9 Å². The fourth-order valence-corrected chi connectivity index (χ4v) is 2.27. The molecule has 2 N–H and O–H groups in total. The van der Waals surface area contributed by atoms with Gasteiger partial charge in [-0.1, -0.05) is 0 Å². The molecule has 8 nitrogen and oxygen atoms in total. The second kappa shape index (κ2) is 6.29. The third-order valence-corrected chi connectivity index (χ3v) is 3.36. The molecule has 2 aromatic rings. The molecule has 2 rings (SSSR count). The van der Waals surface area contributed by atoms with Crippen molar-refractivity contribution in [2.75, 3.05) is 0 Å². The van der Waals surface area contributed by atoms with Crippen LogP contribution in [0, 0.1) is 13.8 Å². The summed E-state index contributed by atoms with van der Waals surface area (Å²) in [5, 5.41) is 15.5. The molecule has 0 aliphatic rings. The third kappa shape index (κ3) is 3.53. The van der Waals surface area contributed by atoms with Gasteiger partial charge in [0.25, 0.3) is 0 Å². The molecule has 8 heteroatoms. The van der Waals surface area contributed by atoms with Crippen LogP contribution in [0.25, 0.3) is 0 Å². The number of H-pyrrole nitrogens is 1. The number of carboxylic acid groups (broad SMARTS) is 1. The standard InChI is InChI=1S/C13H17N5O3/c1-8-10(6-12(19)20)9(2)18(13(21)16-8)5-3-4-11-14-7-15-17-11/h7H,3-6H2,1-2H3,(H,19,20)(H,14,15,17). The van der Waals surface area contributed by atoms with Crippen LogP contribution in [-0.2, 0) is 24.2 Å². The first-order chi connectivity index (χ1) is 9.99. The highest BCUT2D eigenvalue weighted by Crippen LogP contribution is 2.11. The molecule has 0 saturated heterocycles. The van der Waals surface area contributed by atoms with Crippen molar-refractivity contribution >= 4 is 5.97 Å². The monoisotopic (exact) mass is 291 g/mol. The SMILES string of the molecule is Cc1nc(=O)n(CCCc2ncn[nH]2)c(C)c1CC(=O)O. The Balaban J connectivity index is 2.18. The van der Waals surface area contributed by atoms with E-state index >= 15 is 0 Å². The number of nitrogens with zero attached hydrogens (tertiary/aromatic N) is 4. The summed E-state index contributed by atoms with van der Waals surface area (Å²) in [6, 6.07) is 0. The molecule has 0 bridgehead atoms. The molecule has 2 heterocycles. The first-order valence-electron chi connectivity index (χ1n) is 6.62. The minimum Gasteiger partial charge on any atom is -0.481 e. The first-order valence-corrected chi connectivity index (χ1v) is 6.62. The lowest BCUT2D eigenvalue weighted by molar-refractivity contribution is -0.136. The fourth-order valence-electron chi connectivity index (χ4n) is 2.27. The lowest BCUT2D eigenvalue weighted by Crippen LogP contribution is -2.28. The highest BCUT2D eigenvalue weighted by Gasteiger charge is 2.14. The zero-order valence-corrected chi connectivity index (χ0v) is 12.0. The van der Waals surface area contributed by atoms with E-state index < -0.39 is 5.97 Å². The van der Waals surface area contributed by atoms with E-state index in [-0.39, 0.29) is 12.1 Å². The second-order valence-corrected chi connectivity index (χ2v) is 4.80. The number of aryl methyl sites for hydroxylation is 2. The Kier molecular flexibility index (Phi) is 4.46. The number of aliphatic carboxylic acids is 1. The maximum absolute atomic E-state index is 12.0. The van der Waals surface area contributed by atoms with Crippen LogP contribution in [0.2, 0.25) is 0 Å². The number of hydrogen-bond donors (Lipinski definition) is 2. The Hall–Kier alpha value is -2.51. The maximum atomic E-state index is 12.0. The minimum atomic E-state index is -0.935. The summed E-state index contributed by atoms with van der Waals surface area (Å²) in [6.45, 7) is 3.87. The van der Waals surface area contributed by atoms with Crippen molar-refractivity contribution < 1.29 is 9.90 Å². The van der Waals surface area contributed by atoms with E-state index in [1.807, 2.05) is 0 Å². The highest BCUT2D eigenvalue weighted by molar-refractivity contribution is 5.70. The molecule has 0 atom stereocenters. The normalized spacial score (nSPS) is 10.8. The molecule has 0 unspecified atom stereocenters. The summed E-state index contributed by atoms with van der Waals surface area (Å²) >= 11 is 0. The van der Waals surface area contributed by atoms with Gasteiger partial charge in [0.2, 0.25) is 0 Å². The maximum Gasteiger partial charge on any atom is 0.347 e. The van der Waals surface area contributed by atoms with Gasteiger partial charge in [-0.2, -0.15) is 10.1 Å². The molecular weight excluding hydrogens is 274 g/mol. The molecule has 0 saturated carbocycles. The number of aromatic nitrogens is 5. The highest BCUT2D eigenvalue weighted by atomic mass is 16.4. The van der Waals surface area contributed by atoms with Crippen LogP contribution in [0.15, 0.2) is 11.1 Å². The Labute approximate surface area is 120 Å². The number of rotatable bonds is 6. The molecule has 0 aliphatic heterocycles. The Morgan fingerprint density at radius 2 is 2.19 bits per heavy atom. The average Bonchev–Trinajstić information content (AvgIpc) is 2.91. The van der Waals surface area contributed by atoms with Gasteiger partial charge in [-0.3, -0.25) is 14.5 Å². The summed E-state index contributed by atoms with van der Waals surface area (Å²) in [5.74, 6) is -0.179. The van der Waals surface area contributed by atoms with Gasteiger partial charge in [-0.05, 0) is 20.3 Å². The van der Waals surface area contributed by atoms with Crippen LogP contribution >= 0.6 is 0 Å². The average molecular weight is 291 g/mol. The molecule has 0 amide bonds. The van der Waals surface area contributed by atoms with Crippen LogP contribution in [0.5, 0.6) is 0 Å². The van der Waals surface area contributed by atoms with Gasteiger partial charge in [0.1, 0.15) is 12.2 Å². The van der Waals surface area contributed by atoms with Crippen molar-refractivity contribution in [1.82, 2.24) is 24.7 Å². The molecule has 0 spiro atoms. The molecule has 21 heavy (non-hydrogen) atoms. The summed E-state index contributed by atoms with van der Waals surface area (Å²) in [4.78, 5) is 30.8. The predicted molar refractivity (Wildman–Crippen MR) is 74.0 cm³/mol. The predicted octanol–water partition coefficient (Wildman–Crippen LogP) is 0.238. The van der Waals surface area contributed by atoms with E-state index in [0.29, 0.717) is 36.3 Å². The van der Waals surface area contributed by atoms with Crippen LogP contribution in [0.1, 0.15) is 29.2 Å². The lowest BCUT2D eigenvalue weighted by Gasteiger charge is -2.14. The number of aromatic amines is 1. The molecule has 0 aromatic carbocycles. The van der Waals surface area contributed by atoms with Gasteiger partial charge in [0.15, 0.2) is 0 Å². The van der Waals surface area contributed by atoms with Gasteiger partial charge in [-0.15, -0.1) is 0 Å². The Morgan fingerprint density at radius 1 is 1.43 bits per heavy atom. The van der Waals surface area contributed by atoms with Crippen molar-refractivity contribution in [3.05, 3.63) is 39.6 Å². The first kappa shape index (κ1) is 14.9. The third-order valence-electron chi connectivity index (χ3n) is 3.36. The molecule has 0 fully saturated rings. The topological polar surface area (TPSA) is 114 Å². The summed E-state index contributed by atoms with van der Waals surface area (Å²) < 4.78 is 1.52. The van der Waals surface area contributed by atoms with Gasteiger partial charge >= 0.3 is 11.7 Å². The Morgan fingerprint density at radius 3 is 2.81 bits per heavy atom. The zero-order valence-electron chi connectivity index (χ0n) is 12.0. The molecule has 112 valence electrons. The van der Waals surface area contributed by atoms with Crippen LogP contribution < -0.4 is 5.69 Å². The summed E-state index contributed by atoms with van der Waals surface area (Å²) in [5.41, 5.74) is 1.39. The van der Waals surface area contributed by atoms with Gasteiger partial charge in [0, 0.05) is 29.9 Å². The van der Waals surface area contributed by atoms with Crippen LogP contribution in [0.3, 0.4) is 0 Å². The van der Waals surface area contributed by atoms with E-state index in [1.54, 1.807) is 13.8 Å². The summed E-state index contributed by atoms with van der Waals surface area (Å²) in [6.07, 6.45) is 2.65. The second-order valence-electron chi connectivity index (χ2n) is 4.80. The lowest BCUT2D eigenvalue weighted by atomic mass is 10.1. The van der Waals surface area contributed by atoms with Crippen LogP contribution in [0.4, 0.5) is 0 Å². The minimum absolute atomic E-state index is 0.132. The van der Waals surface area contributed by atoms with Gasteiger partial charge in [-0.25, -0.2) is 9.78 Å². The number of nitrogens with one attached hydrogen (secondary N) is 1. The van der Waals surface area contributed by atoms with E-state index in [2.05, 4.69) is 20.2 Å². The van der Waals surface area contributed by atoms with Crippen molar-refractivity contribution in [2.24, 2.45) is 0 Å². The van der Waals surface area contributed by atoms with E-state index in [9.17, 15) is 9.59 Å². The van der Waals surface area contributed by atoms with Crippen molar-refractivity contribution in [3.8, 4) is 0 Å².